The average Bonchev–Trinajstić information content (AvgIpc) is 1.58. The number of ether oxygens (including phenoxy) is 1. The first kappa shape index (κ1) is 75.6. The maximum absolute atomic E-state index is 15.4. The van der Waals surface area contributed by atoms with E-state index in [1.807, 2.05) is 18.2 Å². The number of H-pyrrole nitrogens is 2. The van der Waals surface area contributed by atoms with Crippen LogP contribution < -0.4 is 53.4 Å². The SMILES string of the molecule is COc1ccc(C[C@@H]2NC(=O)[C@H]([C@@H](C)O)NC(=O)[C@@H]3CCCN3C(=O)[C@H](Cc3c[nH]c4ccc(F)cc34)NC(=O)[C@H](Cc3c[nH]c4ccc(F)cc34)NC(=O)[C@@H](C)NC(=O)[C@H](CCCCN)NC(=O)CCSCc3cc(Br)cc(c3)CSC[C@@H](C(N)=O)NC(=O)[C@]3(C)CCCN3C2=O)cc1. The lowest BCUT2D eigenvalue weighted by atomic mass is 9.95. The predicted molar refractivity (Wildman–Crippen MR) is 379 cm³/mol. The molecule has 2 saturated heterocycles. The number of primary amides is 1. The van der Waals surface area contributed by atoms with Gasteiger partial charge in [0, 0.05) is 100 Å². The van der Waals surface area contributed by atoms with Gasteiger partial charge in [-0.25, -0.2) is 8.78 Å². The summed E-state index contributed by atoms with van der Waals surface area (Å²) in [5.74, 6) is -7.15. The van der Waals surface area contributed by atoms with E-state index in [-0.39, 0.29) is 70.2 Å². The van der Waals surface area contributed by atoms with Gasteiger partial charge < -0.3 is 78.3 Å². The molecule has 2 bridgehead atoms. The van der Waals surface area contributed by atoms with Crippen molar-refractivity contribution in [3.63, 3.8) is 0 Å². The van der Waals surface area contributed by atoms with Crippen molar-refractivity contribution in [2.75, 3.05) is 38.2 Å². The summed E-state index contributed by atoms with van der Waals surface area (Å²) in [4.78, 5) is 154. The van der Waals surface area contributed by atoms with Gasteiger partial charge in [0.25, 0.3) is 0 Å². The highest BCUT2D eigenvalue weighted by molar-refractivity contribution is 9.10. The number of nitrogens with zero attached hydrogens (tertiary/aromatic N) is 2. The predicted octanol–water partition coefficient (Wildman–Crippen LogP) is 4.08. The van der Waals surface area contributed by atoms with Gasteiger partial charge >= 0.3 is 0 Å². The largest absolute Gasteiger partial charge is 0.497 e. The first-order valence-electron chi connectivity index (χ1n) is 33.3. The molecule has 536 valence electrons. The van der Waals surface area contributed by atoms with Gasteiger partial charge in [0.15, 0.2) is 0 Å². The molecule has 0 unspecified atom stereocenters. The summed E-state index contributed by atoms with van der Waals surface area (Å²) in [5, 5.41) is 31.3. The standard InChI is InChI=1S/C70H86BrF2N13O12S2/c1-38-62(90)80-54(29-43-33-76-51-17-13-46(72)31-49(43)51)64(92)81-56(30-44-34-77-52-18-14-47(73)32-50(44)52)67(95)85-22-7-10-58(85)65(93)84-60(39(2)87)66(94)82-55(28-40-11-15-48(98-4)16-12-40)68(96)86-23-8-20-70(86,3)69(97)83-57(61(75)89)37-100-36-42-25-41(26-45(71)27-42)35-99-24-19-59(88)79-53(63(91)78-38)9-5-6-21-74/h11-18,25-27,31-34,38-39,53-58,60,76-77,87H,5-10,19-24,28-30,35-37,74H2,1-4H3,(H2,75,89)(H,78,91)(H,79,88)(H,80,90)(H,81,92)(H,82,94)(H,83,97)(H,84,93)/t38-,39-,53+,54+,55+,56+,57+,58+,60+,70+/m1/s1. The Balaban J connectivity index is 1.05. The molecule has 0 saturated carbocycles. The maximum Gasteiger partial charge on any atom is 0.246 e. The van der Waals surface area contributed by atoms with Gasteiger partial charge in [-0.1, -0.05) is 34.1 Å². The third kappa shape index (κ3) is 19.3. The lowest BCUT2D eigenvalue weighted by Gasteiger charge is -2.37. The first-order chi connectivity index (χ1) is 47.8. The number of nitrogens with one attached hydrogen (secondary N) is 9. The van der Waals surface area contributed by atoms with Crippen molar-refractivity contribution in [1.82, 2.24) is 57.0 Å². The smallest absolute Gasteiger partial charge is 0.246 e. The molecule has 0 spiro atoms. The second-order valence-corrected chi connectivity index (χ2v) is 28.8. The number of aliphatic hydroxyl groups is 1. The van der Waals surface area contributed by atoms with Gasteiger partial charge in [0.1, 0.15) is 71.3 Å². The Kier molecular flexibility index (Phi) is 26.2. The van der Waals surface area contributed by atoms with Crippen molar-refractivity contribution in [1.29, 1.82) is 0 Å². The Morgan fingerprint density at radius 1 is 0.700 bits per heavy atom. The molecule has 100 heavy (non-hydrogen) atoms. The molecule has 4 aromatic carbocycles. The van der Waals surface area contributed by atoms with Gasteiger partial charge in [-0.05, 0) is 161 Å². The summed E-state index contributed by atoms with van der Waals surface area (Å²) in [6.45, 7) is 4.53. The fraction of sp³-hybridized carbons (Fsp3) is 0.457. The molecule has 2 fully saturated rings. The molecule has 30 heteroatoms. The normalized spacial score (nSPS) is 24.6. The van der Waals surface area contributed by atoms with E-state index in [0.717, 1.165) is 15.6 Å². The van der Waals surface area contributed by atoms with E-state index in [1.54, 1.807) is 31.2 Å². The third-order valence-corrected chi connectivity index (χ3v) is 21.0. The average molecular weight is 1480 g/mol. The van der Waals surface area contributed by atoms with Gasteiger partial charge in [-0.2, -0.15) is 23.5 Å². The summed E-state index contributed by atoms with van der Waals surface area (Å²) < 4.78 is 36.1. The van der Waals surface area contributed by atoms with Crippen LogP contribution in [0.2, 0.25) is 0 Å². The number of thioether (sulfide) groups is 2. The molecule has 14 N–H and O–H groups in total. The monoisotopic (exact) mass is 1480 g/mol. The van der Waals surface area contributed by atoms with Gasteiger partial charge in [-0.3, -0.25) is 47.9 Å². The molecule has 25 nitrogen and oxygen atoms in total. The Morgan fingerprint density at radius 3 is 1.94 bits per heavy atom. The van der Waals surface area contributed by atoms with Crippen LogP contribution in [0.3, 0.4) is 0 Å². The fourth-order valence-electron chi connectivity index (χ4n) is 12.9. The van der Waals surface area contributed by atoms with Gasteiger partial charge in [-0.15, -0.1) is 0 Å². The number of benzene rings is 4. The number of unbranched alkanes of at least 4 members (excludes halogenated alkanes) is 1. The van der Waals surface area contributed by atoms with Crippen molar-refractivity contribution in [2.45, 2.75) is 163 Å². The number of carbonyl (C=O) groups is 10. The number of aliphatic hydroxyl groups excluding tert-OH is 1. The zero-order valence-corrected chi connectivity index (χ0v) is 59.2. The van der Waals surface area contributed by atoms with E-state index >= 15 is 18.8 Å². The molecule has 10 amide bonds. The van der Waals surface area contributed by atoms with Crippen molar-refractivity contribution in [3.8, 4) is 5.75 Å². The highest BCUT2D eigenvalue weighted by Gasteiger charge is 2.49. The van der Waals surface area contributed by atoms with Crippen LogP contribution in [-0.2, 0) is 78.7 Å². The molecule has 3 aliphatic heterocycles. The third-order valence-electron chi connectivity index (χ3n) is 18.4. The van der Waals surface area contributed by atoms with Crippen molar-refractivity contribution >= 4 is 120 Å². The number of aromatic nitrogens is 2. The minimum Gasteiger partial charge on any atom is -0.497 e. The van der Waals surface area contributed by atoms with Crippen molar-refractivity contribution < 1.29 is 66.6 Å². The van der Waals surface area contributed by atoms with Crippen molar-refractivity contribution in [2.24, 2.45) is 11.5 Å². The molecular weight excluding hydrogens is 1400 g/mol. The molecule has 3 aliphatic rings. The summed E-state index contributed by atoms with van der Waals surface area (Å²) in [5.41, 5.74) is 14.3. The Hall–Kier alpha value is -8.58. The van der Waals surface area contributed by atoms with Crippen LogP contribution in [0.5, 0.6) is 5.75 Å². The number of carbonyl (C=O) groups excluding carboxylic acids is 10. The number of hydrogen-bond acceptors (Lipinski definition) is 15. The number of amides is 10. The topological polar surface area (TPSA) is 374 Å². The van der Waals surface area contributed by atoms with Crippen LogP contribution in [0.15, 0.2) is 95.7 Å². The van der Waals surface area contributed by atoms with E-state index in [1.165, 1.54) is 103 Å². The Labute approximate surface area is 594 Å². The van der Waals surface area contributed by atoms with Crippen LogP contribution >= 0.6 is 39.5 Å². The molecule has 5 heterocycles. The first-order valence-corrected chi connectivity index (χ1v) is 36.4. The van der Waals surface area contributed by atoms with E-state index in [9.17, 15) is 43.1 Å². The summed E-state index contributed by atoms with van der Waals surface area (Å²) in [7, 11) is 1.48. The van der Waals surface area contributed by atoms with Crippen LogP contribution in [0, 0.1) is 11.6 Å². The van der Waals surface area contributed by atoms with E-state index < -0.39 is 131 Å². The van der Waals surface area contributed by atoms with E-state index in [2.05, 4.69) is 63.1 Å². The zero-order chi connectivity index (χ0) is 71.9. The second-order valence-electron chi connectivity index (χ2n) is 25.8. The van der Waals surface area contributed by atoms with Crippen LogP contribution in [0.25, 0.3) is 21.8 Å². The lowest BCUT2D eigenvalue weighted by molar-refractivity contribution is -0.147. The minimum absolute atomic E-state index is 0.0222. The van der Waals surface area contributed by atoms with Crippen LogP contribution in [-0.4, -0.2) is 182 Å². The Bertz CT molecular complexity index is 3990. The highest BCUT2D eigenvalue weighted by atomic mass is 79.9. The number of aromatic amines is 2. The van der Waals surface area contributed by atoms with Crippen LogP contribution in [0.4, 0.5) is 8.78 Å². The molecule has 0 aliphatic carbocycles. The fourth-order valence-corrected chi connectivity index (χ4v) is 15.3. The molecular formula is C70H86BrF2N13O12S2. The molecule has 9 rings (SSSR count). The minimum atomic E-state index is -1.76. The molecule has 6 aromatic rings. The van der Waals surface area contributed by atoms with Gasteiger partial charge in [0.05, 0.1) is 13.2 Å². The quantitative estimate of drug-likeness (QED) is 0.0725. The Morgan fingerprint density at radius 2 is 1.31 bits per heavy atom. The molecule has 2 aromatic heterocycles. The summed E-state index contributed by atoms with van der Waals surface area (Å²) in [6.07, 6.45) is 2.68. The zero-order valence-electron chi connectivity index (χ0n) is 56.0. The summed E-state index contributed by atoms with van der Waals surface area (Å²) in [6, 6.07) is 9.24. The van der Waals surface area contributed by atoms with Crippen molar-refractivity contribution in [3.05, 3.63) is 135 Å². The molecule has 0 radical (unpaired) electrons. The van der Waals surface area contributed by atoms with Gasteiger partial charge in [0.2, 0.25) is 59.1 Å². The lowest BCUT2D eigenvalue weighted by Crippen LogP contribution is -2.64. The number of hydrogen-bond donors (Lipinski definition) is 12. The number of rotatable bonds is 13. The van der Waals surface area contributed by atoms with Crippen LogP contribution in [0.1, 0.15) is 100.0 Å². The maximum atomic E-state index is 15.4. The number of fused-ring (bicyclic) bond motifs is 6. The highest BCUT2D eigenvalue weighted by Crippen LogP contribution is 2.33. The number of nitrogens with two attached hydrogens (primary N) is 2. The second kappa shape index (κ2) is 34.7. The van der Waals surface area contributed by atoms with E-state index in [0.29, 0.717) is 87.3 Å². The molecule has 10 atom stereocenters. The summed E-state index contributed by atoms with van der Waals surface area (Å²) >= 11 is 6.42. The van der Waals surface area contributed by atoms with E-state index in [4.69, 9.17) is 16.2 Å². The number of halogens is 3. The number of methoxy groups -OCH3 is 1.